The average Bonchev–Trinajstić information content (AvgIpc) is 2.41. The van der Waals surface area contributed by atoms with Gasteiger partial charge in [0.2, 0.25) is 0 Å². The van der Waals surface area contributed by atoms with Gasteiger partial charge in [0.15, 0.2) is 0 Å². The summed E-state index contributed by atoms with van der Waals surface area (Å²) in [5, 5.41) is 11.9. The zero-order valence-corrected chi connectivity index (χ0v) is 12.1. The van der Waals surface area contributed by atoms with Crippen LogP contribution in [0, 0.1) is 0 Å². The number of carboxylic acid groups (broad SMARTS) is 1. The highest BCUT2D eigenvalue weighted by atomic mass is 35.5. The molecule has 0 fully saturated rings. The van der Waals surface area contributed by atoms with Crippen LogP contribution in [0.5, 0.6) is 0 Å². The van der Waals surface area contributed by atoms with E-state index in [0.717, 1.165) is 0 Å². The van der Waals surface area contributed by atoms with Crippen molar-refractivity contribution < 1.29 is 14.7 Å². The zero-order chi connectivity index (χ0) is 15.6. The van der Waals surface area contributed by atoms with Gasteiger partial charge in [-0.05, 0) is 30.3 Å². The highest BCUT2D eigenvalue weighted by molar-refractivity contribution is 6.34. The molecule has 0 saturated heterocycles. The van der Waals surface area contributed by atoms with Crippen LogP contribution in [0.2, 0.25) is 10.0 Å². The highest BCUT2D eigenvalue weighted by Crippen LogP contribution is 2.25. The number of rotatable bonds is 3. The summed E-state index contributed by atoms with van der Waals surface area (Å²) in [5.41, 5.74) is 6.10. The molecule has 0 aromatic heterocycles. The number of amides is 1. The monoisotopic (exact) mass is 324 g/mol. The molecular formula is C14H10Cl2N2O3. The van der Waals surface area contributed by atoms with Crippen LogP contribution in [-0.2, 0) is 0 Å². The summed E-state index contributed by atoms with van der Waals surface area (Å²) >= 11 is 11.7. The van der Waals surface area contributed by atoms with E-state index in [1.165, 1.54) is 30.3 Å². The van der Waals surface area contributed by atoms with Crippen LogP contribution < -0.4 is 11.1 Å². The van der Waals surface area contributed by atoms with Gasteiger partial charge in [-0.25, -0.2) is 4.79 Å². The maximum atomic E-state index is 12.1. The number of hydrogen-bond acceptors (Lipinski definition) is 3. The van der Waals surface area contributed by atoms with Crippen LogP contribution in [0.4, 0.5) is 11.4 Å². The molecule has 108 valence electrons. The number of aromatic carboxylic acids is 1. The fourth-order valence-corrected chi connectivity index (χ4v) is 2.14. The Hall–Kier alpha value is -2.24. The number of nitrogen functional groups attached to an aromatic ring is 1. The van der Waals surface area contributed by atoms with Crippen molar-refractivity contribution in [1.82, 2.24) is 0 Å². The first kappa shape index (κ1) is 15.2. The van der Waals surface area contributed by atoms with Crippen LogP contribution >= 0.6 is 23.2 Å². The van der Waals surface area contributed by atoms with Crippen LogP contribution in [0.25, 0.3) is 0 Å². The molecule has 0 unspecified atom stereocenters. The largest absolute Gasteiger partial charge is 0.478 e. The lowest BCUT2D eigenvalue weighted by Gasteiger charge is -2.10. The van der Waals surface area contributed by atoms with Gasteiger partial charge >= 0.3 is 5.97 Å². The molecule has 21 heavy (non-hydrogen) atoms. The van der Waals surface area contributed by atoms with Crippen molar-refractivity contribution in [2.24, 2.45) is 0 Å². The average molecular weight is 325 g/mol. The third kappa shape index (κ3) is 3.26. The molecule has 0 radical (unpaired) electrons. The van der Waals surface area contributed by atoms with E-state index in [-0.39, 0.29) is 26.9 Å². The molecule has 2 rings (SSSR count). The molecule has 0 spiro atoms. The molecule has 7 heteroatoms. The van der Waals surface area contributed by atoms with Crippen LogP contribution in [0.15, 0.2) is 36.4 Å². The zero-order valence-electron chi connectivity index (χ0n) is 10.6. The summed E-state index contributed by atoms with van der Waals surface area (Å²) in [6, 6.07) is 8.80. The van der Waals surface area contributed by atoms with E-state index in [0.29, 0.717) is 5.69 Å². The van der Waals surface area contributed by atoms with E-state index in [4.69, 9.17) is 34.0 Å². The number of halogens is 2. The fraction of sp³-hybridized carbons (Fsp3) is 0. The fourth-order valence-electron chi connectivity index (χ4n) is 1.71. The molecule has 0 atom stereocenters. The molecule has 2 aromatic carbocycles. The van der Waals surface area contributed by atoms with Gasteiger partial charge in [0.05, 0.1) is 21.4 Å². The summed E-state index contributed by atoms with van der Waals surface area (Å²) in [7, 11) is 0. The van der Waals surface area contributed by atoms with E-state index >= 15 is 0 Å². The molecule has 0 bridgehead atoms. The number of anilines is 2. The van der Waals surface area contributed by atoms with Gasteiger partial charge in [0, 0.05) is 5.56 Å². The van der Waals surface area contributed by atoms with E-state index < -0.39 is 11.9 Å². The van der Waals surface area contributed by atoms with Gasteiger partial charge in [-0.15, -0.1) is 0 Å². The first-order chi connectivity index (χ1) is 9.90. The van der Waals surface area contributed by atoms with E-state index in [2.05, 4.69) is 5.32 Å². The number of benzene rings is 2. The molecule has 1 amide bonds. The second kappa shape index (κ2) is 6.03. The Bertz CT molecular complexity index is 732. The number of hydrogen-bond donors (Lipinski definition) is 3. The Labute approximate surface area is 130 Å². The molecule has 2 aromatic rings. The second-order valence-corrected chi connectivity index (χ2v) is 4.97. The topological polar surface area (TPSA) is 92.4 Å². The summed E-state index contributed by atoms with van der Waals surface area (Å²) in [5.74, 6) is -1.74. The maximum Gasteiger partial charge on any atom is 0.339 e. The van der Waals surface area contributed by atoms with Crippen molar-refractivity contribution in [3.8, 4) is 0 Å². The van der Waals surface area contributed by atoms with Gasteiger partial charge in [-0.3, -0.25) is 4.79 Å². The number of nitrogens with two attached hydrogens (primary N) is 1. The lowest BCUT2D eigenvalue weighted by atomic mass is 10.1. The summed E-state index contributed by atoms with van der Waals surface area (Å²) in [6.45, 7) is 0. The van der Waals surface area contributed by atoms with Crippen molar-refractivity contribution in [1.29, 1.82) is 0 Å². The van der Waals surface area contributed by atoms with Crippen molar-refractivity contribution >= 4 is 46.5 Å². The van der Waals surface area contributed by atoms with Crippen molar-refractivity contribution in [3.05, 3.63) is 57.6 Å². The minimum Gasteiger partial charge on any atom is -0.478 e. The smallest absolute Gasteiger partial charge is 0.339 e. The molecule has 0 saturated carbocycles. The lowest BCUT2D eigenvalue weighted by Crippen LogP contribution is -2.15. The number of carbonyl (C=O) groups excluding carboxylic acids is 1. The predicted octanol–water partition coefficient (Wildman–Crippen LogP) is 3.53. The summed E-state index contributed by atoms with van der Waals surface area (Å²) in [4.78, 5) is 23.3. The lowest BCUT2D eigenvalue weighted by molar-refractivity contribution is 0.0698. The third-order valence-electron chi connectivity index (χ3n) is 2.74. The Kier molecular flexibility index (Phi) is 4.35. The number of nitrogens with one attached hydrogen (secondary N) is 1. The van der Waals surface area contributed by atoms with Gasteiger partial charge in [0.1, 0.15) is 5.56 Å². The SMILES string of the molecule is Nc1ccc(C(=O)Nc2cccc(Cl)c2C(=O)O)cc1Cl. The van der Waals surface area contributed by atoms with E-state index in [9.17, 15) is 9.59 Å². The van der Waals surface area contributed by atoms with Crippen LogP contribution in [0.3, 0.4) is 0 Å². The Morgan fingerprint density at radius 3 is 2.43 bits per heavy atom. The van der Waals surface area contributed by atoms with Crippen molar-refractivity contribution in [2.75, 3.05) is 11.1 Å². The molecule has 0 aliphatic heterocycles. The second-order valence-electron chi connectivity index (χ2n) is 4.16. The van der Waals surface area contributed by atoms with Gasteiger partial charge in [0.25, 0.3) is 5.91 Å². The van der Waals surface area contributed by atoms with E-state index in [1.54, 1.807) is 6.07 Å². The van der Waals surface area contributed by atoms with E-state index in [1.807, 2.05) is 0 Å². The molecule has 4 N–H and O–H groups in total. The highest BCUT2D eigenvalue weighted by Gasteiger charge is 2.17. The molecule has 5 nitrogen and oxygen atoms in total. The standard InChI is InChI=1S/C14H10Cl2N2O3/c15-8-2-1-3-11(12(8)14(20)21)18-13(19)7-4-5-10(17)9(16)6-7/h1-6H,17H2,(H,18,19)(H,20,21). The van der Waals surface area contributed by atoms with Gasteiger partial charge in [-0.1, -0.05) is 29.3 Å². The van der Waals surface area contributed by atoms with Crippen LogP contribution in [-0.4, -0.2) is 17.0 Å². The summed E-state index contributed by atoms with van der Waals surface area (Å²) < 4.78 is 0. The Morgan fingerprint density at radius 2 is 1.81 bits per heavy atom. The molecule has 0 aliphatic rings. The first-order valence-electron chi connectivity index (χ1n) is 5.78. The maximum absolute atomic E-state index is 12.1. The minimum atomic E-state index is -1.23. The van der Waals surface area contributed by atoms with Crippen LogP contribution in [0.1, 0.15) is 20.7 Å². The Balaban J connectivity index is 2.34. The summed E-state index contributed by atoms with van der Waals surface area (Å²) in [6.07, 6.45) is 0. The first-order valence-corrected chi connectivity index (χ1v) is 6.54. The minimum absolute atomic E-state index is 0.0376. The molecule has 0 aliphatic carbocycles. The Morgan fingerprint density at radius 1 is 1.10 bits per heavy atom. The van der Waals surface area contributed by atoms with Gasteiger partial charge in [-0.2, -0.15) is 0 Å². The van der Waals surface area contributed by atoms with Crippen molar-refractivity contribution in [2.45, 2.75) is 0 Å². The van der Waals surface area contributed by atoms with Gasteiger partial charge < -0.3 is 16.2 Å². The third-order valence-corrected chi connectivity index (χ3v) is 3.38. The number of carboxylic acids is 1. The molecule has 0 heterocycles. The van der Waals surface area contributed by atoms with Crippen molar-refractivity contribution in [3.63, 3.8) is 0 Å². The number of carbonyl (C=O) groups is 2. The quantitative estimate of drug-likeness (QED) is 0.753. The predicted molar refractivity (Wildman–Crippen MR) is 82.2 cm³/mol. The molecular weight excluding hydrogens is 315 g/mol. The normalized spacial score (nSPS) is 10.2.